The lowest BCUT2D eigenvalue weighted by molar-refractivity contribution is -0.127. The molecule has 0 bridgehead atoms. The predicted octanol–water partition coefficient (Wildman–Crippen LogP) is 2.89. The molecule has 156 valence electrons. The van der Waals surface area contributed by atoms with Crippen LogP contribution in [0.15, 0.2) is 71.8 Å². The fourth-order valence-corrected chi connectivity index (χ4v) is 2.84. The zero-order chi connectivity index (χ0) is 21.3. The van der Waals surface area contributed by atoms with Gasteiger partial charge in [-0.25, -0.2) is 4.98 Å². The number of benzene rings is 2. The van der Waals surface area contributed by atoms with Crippen LogP contribution in [0.1, 0.15) is 13.8 Å². The first kappa shape index (κ1) is 21.1. The number of carbonyl (C=O) groups excluding carboxylic acids is 1. The molecule has 7 nitrogen and oxygen atoms in total. The maximum absolute atomic E-state index is 12.4. The first-order chi connectivity index (χ1) is 14.6. The van der Waals surface area contributed by atoms with E-state index in [2.05, 4.69) is 10.3 Å². The number of carbonyl (C=O) groups is 1. The molecule has 2 aromatic carbocycles. The Kier molecular flexibility index (Phi) is 7.21. The topological polar surface area (TPSA) is 82.5 Å². The van der Waals surface area contributed by atoms with Gasteiger partial charge in [0, 0.05) is 24.7 Å². The van der Waals surface area contributed by atoms with Crippen LogP contribution < -0.4 is 20.3 Å². The molecule has 0 aliphatic heterocycles. The second-order valence-corrected chi connectivity index (χ2v) is 6.63. The van der Waals surface area contributed by atoms with E-state index < -0.39 is 6.10 Å². The highest BCUT2D eigenvalue weighted by Crippen LogP contribution is 2.19. The number of nitrogens with one attached hydrogen (secondary N) is 1. The summed E-state index contributed by atoms with van der Waals surface area (Å²) in [6, 6.07) is 18.1. The van der Waals surface area contributed by atoms with Gasteiger partial charge in [0.15, 0.2) is 6.10 Å². The van der Waals surface area contributed by atoms with Crippen molar-refractivity contribution in [3.8, 4) is 22.8 Å². The smallest absolute Gasteiger partial charge is 0.260 e. The molecule has 0 saturated carbocycles. The summed E-state index contributed by atoms with van der Waals surface area (Å²) in [5, 5.41) is 2.78. The van der Waals surface area contributed by atoms with E-state index in [9.17, 15) is 9.59 Å². The summed E-state index contributed by atoms with van der Waals surface area (Å²) in [4.78, 5) is 28.9. The van der Waals surface area contributed by atoms with Crippen LogP contribution in [0, 0.1) is 0 Å². The van der Waals surface area contributed by atoms with Gasteiger partial charge >= 0.3 is 0 Å². The maximum Gasteiger partial charge on any atom is 0.260 e. The molecule has 7 heteroatoms. The van der Waals surface area contributed by atoms with Crippen LogP contribution in [-0.2, 0) is 11.3 Å². The molecule has 0 aliphatic carbocycles. The van der Waals surface area contributed by atoms with Crippen LogP contribution in [0.2, 0.25) is 0 Å². The molecule has 1 amide bonds. The van der Waals surface area contributed by atoms with E-state index >= 15 is 0 Å². The lowest BCUT2D eigenvalue weighted by atomic mass is 10.1. The summed E-state index contributed by atoms with van der Waals surface area (Å²) in [5.74, 6) is 1.16. The van der Waals surface area contributed by atoms with Gasteiger partial charge in [0.25, 0.3) is 11.5 Å². The van der Waals surface area contributed by atoms with Gasteiger partial charge in [-0.2, -0.15) is 0 Å². The van der Waals surface area contributed by atoms with E-state index in [4.69, 9.17) is 9.47 Å². The molecule has 30 heavy (non-hydrogen) atoms. The van der Waals surface area contributed by atoms with Gasteiger partial charge in [0.2, 0.25) is 0 Å². The van der Waals surface area contributed by atoms with Gasteiger partial charge in [0.05, 0.1) is 18.6 Å². The molecule has 1 atom stereocenters. The Labute approximate surface area is 175 Å². The van der Waals surface area contributed by atoms with Gasteiger partial charge in [-0.05, 0) is 50.2 Å². The molecule has 1 unspecified atom stereocenters. The lowest BCUT2D eigenvalue weighted by Gasteiger charge is -2.15. The van der Waals surface area contributed by atoms with Crippen molar-refractivity contribution < 1.29 is 14.3 Å². The normalized spacial score (nSPS) is 11.5. The Bertz CT molecular complexity index is 1020. The zero-order valence-corrected chi connectivity index (χ0v) is 17.1. The lowest BCUT2D eigenvalue weighted by Crippen LogP contribution is -2.38. The summed E-state index contributed by atoms with van der Waals surface area (Å²) in [5.41, 5.74) is 1.24. The molecule has 3 rings (SSSR count). The third-order valence-corrected chi connectivity index (χ3v) is 4.42. The molecule has 0 radical (unpaired) electrons. The Morgan fingerprint density at radius 1 is 1.10 bits per heavy atom. The van der Waals surface area contributed by atoms with Gasteiger partial charge in [-0.3, -0.25) is 14.2 Å². The minimum absolute atomic E-state index is 0.184. The molecule has 1 aromatic heterocycles. The predicted molar refractivity (Wildman–Crippen MR) is 115 cm³/mol. The highest BCUT2D eigenvalue weighted by atomic mass is 16.5. The van der Waals surface area contributed by atoms with E-state index in [1.54, 1.807) is 19.1 Å². The number of ether oxygens (including phenoxy) is 2. The van der Waals surface area contributed by atoms with Crippen LogP contribution in [-0.4, -0.2) is 34.7 Å². The van der Waals surface area contributed by atoms with Crippen molar-refractivity contribution in [2.75, 3.05) is 13.2 Å². The molecular weight excluding hydrogens is 382 g/mol. The average Bonchev–Trinajstić information content (AvgIpc) is 2.76. The summed E-state index contributed by atoms with van der Waals surface area (Å²) >= 11 is 0. The SMILES string of the molecule is CCOc1ccc(-c2cc(=O)n(CCNC(=O)C(C)Oc3ccccc3)cn2)cc1. The number of nitrogens with zero attached hydrogens (tertiary/aromatic N) is 2. The van der Waals surface area contributed by atoms with Gasteiger partial charge in [-0.15, -0.1) is 0 Å². The van der Waals surface area contributed by atoms with Crippen LogP contribution >= 0.6 is 0 Å². The monoisotopic (exact) mass is 407 g/mol. The quantitative estimate of drug-likeness (QED) is 0.590. The van der Waals surface area contributed by atoms with Crippen molar-refractivity contribution in [3.63, 3.8) is 0 Å². The van der Waals surface area contributed by atoms with Crippen molar-refractivity contribution in [1.29, 1.82) is 0 Å². The number of hydrogen-bond donors (Lipinski definition) is 1. The van der Waals surface area contributed by atoms with Crippen molar-refractivity contribution in [3.05, 3.63) is 77.3 Å². The molecule has 0 spiro atoms. The van der Waals surface area contributed by atoms with Crippen molar-refractivity contribution >= 4 is 5.91 Å². The summed E-state index contributed by atoms with van der Waals surface area (Å²) in [7, 11) is 0. The highest BCUT2D eigenvalue weighted by molar-refractivity contribution is 5.80. The summed E-state index contributed by atoms with van der Waals surface area (Å²) < 4.78 is 12.5. The molecule has 0 saturated heterocycles. The van der Waals surface area contributed by atoms with E-state index in [1.165, 1.54) is 17.0 Å². The Morgan fingerprint density at radius 3 is 2.50 bits per heavy atom. The number of para-hydroxylation sites is 1. The number of hydrogen-bond acceptors (Lipinski definition) is 5. The minimum atomic E-state index is -0.635. The summed E-state index contributed by atoms with van der Waals surface area (Å²) in [6.07, 6.45) is 0.855. The second-order valence-electron chi connectivity index (χ2n) is 6.63. The number of aromatic nitrogens is 2. The van der Waals surface area contributed by atoms with Crippen molar-refractivity contribution in [1.82, 2.24) is 14.9 Å². The van der Waals surface area contributed by atoms with Crippen LogP contribution in [0.3, 0.4) is 0 Å². The summed E-state index contributed by atoms with van der Waals surface area (Å²) in [6.45, 7) is 4.82. The molecule has 0 fully saturated rings. The fourth-order valence-electron chi connectivity index (χ4n) is 2.84. The Hall–Kier alpha value is -3.61. The standard InChI is InChI=1S/C23H25N3O4/c1-3-29-19-11-9-18(10-12-19)21-15-22(27)26(16-25-21)14-13-24-23(28)17(2)30-20-7-5-4-6-8-20/h4-12,15-17H,3,13-14H2,1-2H3,(H,24,28). The molecule has 1 heterocycles. The Morgan fingerprint density at radius 2 is 1.83 bits per heavy atom. The molecule has 3 aromatic rings. The van der Waals surface area contributed by atoms with E-state index in [0.717, 1.165) is 11.3 Å². The number of rotatable bonds is 9. The minimum Gasteiger partial charge on any atom is -0.494 e. The first-order valence-electron chi connectivity index (χ1n) is 9.86. The zero-order valence-electron chi connectivity index (χ0n) is 17.1. The van der Waals surface area contributed by atoms with Crippen LogP contribution in [0.25, 0.3) is 11.3 Å². The van der Waals surface area contributed by atoms with Crippen molar-refractivity contribution in [2.45, 2.75) is 26.5 Å². The van der Waals surface area contributed by atoms with Gasteiger partial charge in [-0.1, -0.05) is 18.2 Å². The third kappa shape index (κ3) is 5.70. The molecule has 0 aliphatic rings. The molecular formula is C23H25N3O4. The highest BCUT2D eigenvalue weighted by Gasteiger charge is 2.14. The van der Waals surface area contributed by atoms with Gasteiger partial charge < -0.3 is 14.8 Å². The van der Waals surface area contributed by atoms with E-state index in [1.807, 2.05) is 49.4 Å². The molecule has 1 N–H and O–H groups in total. The maximum atomic E-state index is 12.4. The van der Waals surface area contributed by atoms with Crippen molar-refractivity contribution in [2.24, 2.45) is 0 Å². The average molecular weight is 407 g/mol. The largest absolute Gasteiger partial charge is 0.494 e. The van der Waals surface area contributed by atoms with E-state index in [0.29, 0.717) is 31.1 Å². The fraction of sp³-hybridized carbons (Fsp3) is 0.261. The number of amides is 1. The van der Waals surface area contributed by atoms with E-state index in [-0.39, 0.29) is 11.5 Å². The Balaban J connectivity index is 1.53. The second kappa shape index (κ2) is 10.2. The van der Waals surface area contributed by atoms with Crippen LogP contribution in [0.4, 0.5) is 0 Å². The van der Waals surface area contributed by atoms with Crippen LogP contribution in [0.5, 0.6) is 11.5 Å². The third-order valence-electron chi connectivity index (χ3n) is 4.42. The first-order valence-corrected chi connectivity index (χ1v) is 9.86. The van der Waals surface area contributed by atoms with Gasteiger partial charge in [0.1, 0.15) is 11.5 Å².